The van der Waals surface area contributed by atoms with Crippen molar-refractivity contribution in [2.24, 2.45) is 0 Å². The molecule has 4 N–H and O–H groups in total. The van der Waals surface area contributed by atoms with Crippen LogP contribution in [0.2, 0.25) is 0 Å². The lowest BCUT2D eigenvalue weighted by Gasteiger charge is -2.23. The molecule has 0 aliphatic rings. The van der Waals surface area contributed by atoms with E-state index in [1.807, 2.05) is 0 Å². The molecule has 1 rings (SSSR count). The van der Waals surface area contributed by atoms with E-state index in [0.29, 0.717) is 23.9 Å². The molecule has 0 aliphatic carbocycles. The number of ether oxygens (including phenoxy) is 1. The third-order valence-corrected chi connectivity index (χ3v) is 2.11. The molecule has 90 valence electrons. The number of anilines is 2. The third-order valence-electron chi connectivity index (χ3n) is 2.11. The number of nitrogen functional groups attached to an aromatic ring is 2. The van der Waals surface area contributed by atoms with Gasteiger partial charge < -0.3 is 20.7 Å². The minimum absolute atomic E-state index is 0.468. The zero-order valence-electron chi connectivity index (χ0n) is 10.2. The summed E-state index contributed by atoms with van der Waals surface area (Å²) in [5.74, 6) is 0.468. The van der Waals surface area contributed by atoms with Crippen LogP contribution in [0.5, 0.6) is 5.88 Å². The molecule has 0 atom stereocenters. The van der Waals surface area contributed by atoms with Crippen LogP contribution < -0.4 is 16.2 Å². The maximum atomic E-state index is 5.72. The van der Waals surface area contributed by atoms with Gasteiger partial charge in [0.1, 0.15) is 0 Å². The van der Waals surface area contributed by atoms with E-state index in [4.69, 9.17) is 16.2 Å². The van der Waals surface area contributed by atoms with Crippen LogP contribution in [-0.2, 0) is 0 Å². The molecule has 0 aromatic carbocycles. The van der Waals surface area contributed by atoms with Gasteiger partial charge in [-0.05, 0) is 6.07 Å². The molecular formula is C11H21N4O+. The molecular weight excluding hydrogens is 204 g/mol. The van der Waals surface area contributed by atoms with E-state index >= 15 is 0 Å². The van der Waals surface area contributed by atoms with Gasteiger partial charge >= 0.3 is 0 Å². The van der Waals surface area contributed by atoms with Crippen molar-refractivity contribution in [3.05, 3.63) is 12.3 Å². The van der Waals surface area contributed by atoms with Crippen LogP contribution in [0.15, 0.2) is 12.3 Å². The highest BCUT2D eigenvalue weighted by molar-refractivity contribution is 5.55. The van der Waals surface area contributed by atoms with Crippen molar-refractivity contribution in [2.45, 2.75) is 6.42 Å². The van der Waals surface area contributed by atoms with E-state index in [0.717, 1.165) is 17.4 Å². The Kier molecular flexibility index (Phi) is 3.95. The predicted octanol–water partition coefficient (Wildman–Crippen LogP) is 0.721. The van der Waals surface area contributed by atoms with Crippen LogP contribution in [0.25, 0.3) is 0 Å². The minimum atomic E-state index is 0.468. The summed E-state index contributed by atoms with van der Waals surface area (Å²) in [4.78, 5) is 4.03. The Balaban J connectivity index is 2.38. The van der Waals surface area contributed by atoms with Gasteiger partial charge in [-0.25, -0.2) is 4.98 Å². The summed E-state index contributed by atoms with van der Waals surface area (Å²) in [6.07, 6.45) is 2.51. The molecule has 1 aromatic rings. The molecule has 1 aromatic heterocycles. The topological polar surface area (TPSA) is 74.2 Å². The number of nitrogens with two attached hydrogens (primary N) is 2. The van der Waals surface area contributed by atoms with Crippen LogP contribution in [0.4, 0.5) is 11.4 Å². The molecule has 1 heterocycles. The summed E-state index contributed by atoms with van der Waals surface area (Å²) in [6.45, 7) is 1.67. The Bertz CT molecular complexity index is 346. The number of quaternary nitrogens is 1. The summed E-state index contributed by atoms with van der Waals surface area (Å²) >= 11 is 0. The highest BCUT2D eigenvalue weighted by atomic mass is 16.5. The van der Waals surface area contributed by atoms with Crippen molar-refractivity contribution in [1.82, 2.24) is 4.98 Å². The van der Waals surface area contributed by atoms with Gasteiger partial charge in [-0.2, -0.15) is 0 Å². The SMILES string of the molecule is C[N+](C)(C)CCCOc1ncc(N)cc1N. The zero-order valence-corrected chi connectivity index (χ0v) is 10.2. The Morgan fingerprint density at radius 2 is 2.00 bits per heavy atom. The Morgan fingerprint density at radius 1 is 1.31 bits per heavy atom. The van der Waals surface area contributed by atoms with Crippen molar-refractivity contribution < 1.29 is 9.22 Å². The van der Waals surface area contributed by atoms with Crippen LogP contribution in [0.1, 0.15) is 6.42 Å². The van der Waals surface area contributed by atoms with Crippen molar-refractivity contribution in [3.8, 4) is 5.88 Å². The number of aromatic nitrogens is 1. The zero-order chi connectivity index (χ0) is 12.2. The molecule has 5 nitrogen and oxygen atoms in total. The van der Waals surface area contributed by atoms with Crippen molar-refractivity contribution in [2.75, 3.05) is 45.8 Å². The maximum Gasteiger partial charge on any atom is 0.237 e. The Morgan fingerprint density at radius 3 is 2.56 bits per heavy atom. The average molecular weight is 225 g/mol. The van der Waals surface area contributed by atoms with Gasteiger partial charge in [0.05, 0.1) is 51.9 Å². The standard InChI is InChI=1S/C11H21N4O/c1-15(2,3)5-4-6-16-11-10(13)7-9(12)8-14-11/h7-8H,4-6,12-13H2,1-3H3/q+1. The van der Waals surface area contributed by atoms with Crippen LogP contribution in [0, 0.1) is 0 Å². The van der Waals surface area contributed by atoms with E-state index in [1.54, 1.807) is 12.3 Å². The molecule has 0 aliphatic heterocycles. The van der Waals surface area contributed by atoms with Gasteiger partial charge in [-0.3, -0.25) is 0 Å². The van der Waals surface area contributed by atoms with Crippen LogP contribution in [-0.4, -0.2) is 43.8 Å². The molecule has 0 spiro atoms. The van der Waals surface area contributed by atoms with Gasteiger partial charge in [0.2, 0.25) is 5.88 Å². The molecule has 0 saturated carbocycles. The second-order valence-corrected chi connectivity index (χ2v) is 4.88. The fourth-order valence-corrected chi connectivity index (χ4v) is 1.31. The summed E-state index contributed by atoms with van der Waals surface area (Å²) in [5, 5.41) is 0. The van der Waals surface area contributed by atoms with Gasteiger partial charge in [0, 0.05) is 6.42 Å². The first-order chi connectivity index (χ1) is 7.38. The highest BCUT2D eigenvalue weighted by Gasteiger charge is 2.07. The second-order valence-electron chi connectivity index (χ2n) is 4.88. The summed E-state index contributed by atoms with van der Waals surface area (Å²) in [5.41, 5.74) is 12.3. The van der Waals surface area contributed by atoms with E-state index in [2.05, 4.69) is 26.1 Å². The van der Waals surface area contributed by atoms with Gasteiger partial charge in [0.25, 0.3) is 0 Å². The quantitative estimate of drug-likeness (QED) is 0.572. The molecule has 0 bridgehead atoms. The number of rotatable bonds is 5. The normalized spacial score (nSPS) is 11.4. The fraction of sp³-hybridized carbons (Fsp3) is 0.545. The fourth-order valence-electron chi connectivity index (χ4n) is 1.31. The first-order valence-electron chi connectivity index (χ1n) is 5.33. The van der Waals surface area contributed by atoms with Gasteiger partial charge in [-0.1, -0.05) is 0 Å². The number of nitrogens with zero attached hydrogens (tertiary/aromatic N) is 2. The van der Waals surface area contributed by atoms with E-state index in [1.165, 1.54) is 0 Å². The largest absolute Gasteiger partial charge is 0.476 e. The van der Waals surface area contributed by atoms with Crippen molar-refractivity contribution in [1.29, 1.82) is 0 Å². The smallest absolute Gasteiger partial charge is 0.237 e. The first-order valence-corrected chi connectivity index (χ1v) is 5.33. The molecule has 16 heavy (non-hydrogen) atoms. The van der Waals surface area contributed by atoms with E-state index < -0.39 is 0 Å². The second kappa shape index (κ2) is 5.03. The number of hydrogen-bond acceptors (Lipinski definition) is 4. The molecule has 0 saturated heterocycles. The van der Waals surface area contributed by atoms with Gasteiger partial charge in [-0.15, -0.1) is 0 Å². The molecule has 0 radical (unpaired) electrons. The third kappa shape index (κ3) is 4.35. The van der Waals surface area contributed by atoms with Gasteiger partial charge in [0.15, 0.2) is 0 Å². The average Bonchev–Trinajstić information content (AvgIpc) is 2.13. The van der Waals surface area contributed by atoms with E-state index in [9.17, 15) is 0 Å². The first kappa shape index (κ1) is 12.6. The monoisotopic (exact) mass is 225 g/mol. The summed E-state index contributed by atoms with van der Waals surface area (Å²) in [6, 6.07) is 1.65. The Hall–Kier alpha value is -1.49. The lowest BCUT2D eigenvalue weighted by Crippen LogP contribution is -2.36. The predicted molar refractivity (Wildman–Crippen MR) is 66.1 cm³/mol. The molecule has 0 fully saturated rings. The molecule has 5 heteroatoms. The Labute approximate surface area is 96.6 Å². The van der Waals surface area contributed by atoms with Crippen molar-refractivity contribution in [3.63, 3.8) is 0 Å². The summed E-state index contributed by atoms with van der Waals surface area (Å²) in [7, 11) is 6.45. The van der Waals surface area contributed by atoms with E-state index in [-0.39, 0.29) is 0 Å². The minimum Gasteiger partial charge on any atom is -0.476 e. The van der Waals surface area contributed by atoms with Crippen molar-refractivity contribution >= 4 is 11.4 Å². The number of pyridine rings is 1. The maximum absolute atomic E-state index is 5.72. The lowest BCUT2D eigenvalue weighted by molar-refractivity contribution is -0.870. The molecule has 0 unspecified atom stereocenters. The van der Waals surface area contributed by atoms with Crippen LogP contribution >= 0.6 is 0 Å². The highest BCUT2D eigenvalue weighted by Crippen LogP contribution is 2.19. The lowest BCUT2D eigenvalue weighted by atomic mass is 10.3. The summed E-state index contributed by atoms with van der Waals surface area (Å²) < 4.78 is 6.41. The number of hydrogen-bond donors (Lipinski definition) is 2. The van der Waals surface area contributed by atoms with Crippen LogP contribution in [0.3, 0.4) is 0 Å². The molecule has 0 amide bonds.